The maximum absolute atomic E-state index is 12.7. The standard InChI is InChI=1S/C18H22N4O2S/c23-25(24,22-16-6-3-15-12-20-21-18(15)10-16)17-7-4-13(5-8-17)14-2-1-9-19-11-14/h1-2,4-5,7-9,11,15-16,18,20-22H,3,6,10,12H2. The van der Waals surface area contributed by atoms with Crippen molar-refractivity contribution in [1.29, 1.82) is 0 Å². The van der Waals surface area contributed by atoms with E-state index in [9.17, 15) is 8.42 Å². The van der Waals surface area contributed by atoms with Crippen molar-refractivity contribution in [3.8, 4) is 11.1 Å². The third kappa shape index (κ3) is 3.59. The zero-order chi connectivity index (χ0) is 17.3. The van der Waals surface area contributed by atoms with Crippen molar-refractivity contribution in [2.75, 3.05) is 6.54 Å². The molecule has 1 saturated heterocycles. The molecular formula is C18H22N4O2S. The molecule has 0 spiro atoms. The van der Waals surface area contributed by atoms with Gasteiger partial charge in [0.1, 0.15) is 0 Å². The molecule has 6 nitrogen and oxygen atoms in total. The van der Waals surface area contributed by atoms with Crippen LogP contribution in [0.25, 0.3) is 11.1 Å². The van der Waals surface area contributed by atoms with E-state index in [1.165, 1.54) is 0 Å². The Morgan fingerprint density at radius 1 is 1.08 bits per heavy atom. The Bertz CT molecular complexity index is 824. The van der Waals surface area contributed by atoms with Gasteiger partial charge in [-0.25, -0.2) is 13.1 Å². The molecule has 1 aromatic heterocycles. The maximum Gasteiger partial charge on any atom is 0.240 e. The van der Waals surface area contributed by atoms with E-state index < -0.39 is 10.0 Å². The Morgan fingerprint density at radius 2 is 1.92 bits per heavy atom. The lowest BCUT2D eigenvalue weighted by Gasteiger charge is -2.31. The molecule has 3 N–H and O–H groups in total. The fourth-order valence-corrected chi connectivity index (χ4v) is 5.01. The fraction of sp³-hybridized carbons (Fsp3) is 0.389. The second kappa shape index (κ2) is 6.84. The van der Waals surface area contributed by atoms with Gasteiger partial charge in [-0.1, -0.05) is 18.2 Å². The van der Waals surface area contributed by atoms with Crippen LogP contribution in [-0.4, -0.2) is 32.0 Å². The molecule has 25 heavy (non-hydrogen) atoms. The van der Waals surface area contributed by atoms with Gasteiger partial charge in [-0.05, 0) is 54.5 Å². The summed E-state index contributed by atoms with van der Waals surface area (Å²) >= 11 is 0. The number of fused-ring (bicyclic) bond motifs is 1. The first-order valence-corrected chi connectivity index (χ1v) is 10.1. The first kappa shape index (κ1) is 16.7. The number of benzene rings is 1. The van der Waals surface area contributed by atoms with Crippen LogP contribution in [0, 0.1) is 5.92 Å². The highest BCUT2D eigenvalue weighted by Crippen LogP contribution is 2.28. The molecule has 7 heteroatoms. The van der Waals surface area contributed by atoms with E-state index in [0.29, 0.717) is 16.9 Å². The topological polar surface area (TPSA) is 83.1 Å². The number of sulfonamides is 1. The molecule has 1 saturated carbocycles. The highest BCUT2D eigenvalue weighted by molar-refractivity contribution is 7.89. The lowest BCUT2D eigenvalue weighted by atomic mass is 9.83. The van der Waals surface area contributed by atoms with Crippen molar-refractivity contribution in [2.45, 2.75) is 36.2 Å². The zero-order valence-corrected chi connectivity index (χ0v) is 14.7. The molecule has 0 amide bonds. The number of aromatic nitrogens is 1. The Balaban J connectivity index is 1.47. The number of nitrogens with zero attached hydrogens (tertiary/aromatic N) is 1. The predicted octanol–water partition coefficient (Wildman–Crippen LogP) is 1.67. The maximum atomic E-state index is 12.7. The molecule has 2 aliphatic rings. The SMILES string of the molecule is O=S(=O)(NC1CCC2CNNC2C1)c1ccc(-c2cccnc2)cc1. The minimum atomic E-state index is -3.50. The molecule has 2 fully saturated rings. The Labute approximate surface area is 148 Å². The first-order valence-electron chi connectivity index (χ1n) is 8.63. The number of rotatable bonds is 4. The normalized spacial score (nSPS) is 26.3. The van der Waals surface area contributed by atoms with Crippen LogP contribution in [0.1, 0.15) is 19.3 Å². The number of nitrogens with one attached hydrogen (secondary N) is 3. The van der Waals surface area contributed by atoms with Gasteiger partial charge in [0.05, 0.1) is 4.90 Å². The van der Waals surface area contributed by atoms with Crippen LogP contribution >= 0.6 is 0 Å². The molecule has 0 radical (unpaired) electrons. The van der Waals surface area contributed by atoms with Crippen LogP contribution < -0.4 is 15.6 Å². The molecular weight excluding hydrogens is 336 g/mol. The van der Waals surface area contributed by atoms with Gasteiger partial charge >= 0.3 is 0 Å². The lowest BCUT2D eigenvalue weighted by Crippen LogP contribution is -2.45. The van der Waals surface area contributed by atoms with Crippen molar-refractivity contribution >= 4 is 10.0 Å². The Kier molecular flexibility index (Phi) is 4.56. The van der Waals surface area contributed by atoms with Crippen LogP contribution in [0.3, 0.4) is 0 Å². The minimum absolute atomic E-state index is 0.0170. The molecule has 1 aromatic carbocycles. The number of pyridine rings is 1. The van der Waals surface area contributed by atoms with Gasteiger partial charge in [0.15, 0.2) is 0 Å². The smallest absolute Gasteiger partial charge is 0.240 e. The summed E-state index contributed by atoms with van der Waals surface area (Å²) in [6.45, 7) is 0.972. The van der Waals surface area contributed by atoms with Crippen LogP contribution in [0.4, 0.5) is 0 Å². The lowest BCUT2D eigenvalue weighted by molar-refractivity contribution is 0.291. The molecule has 0 bridgehead atoms. The summed E-state index contributed by atoms with van der Waals surface area (Å²) in [6.07, 6.45) is 6.23. The van der Waals surface area contributed by atoms with Crippen LogP contribution in [0.15, 0.2) is 53.7 Å². The third-order valence-electron chi connectivity index (χ3n) is 5.13. The highest BCUT2D eigenvalue weighted by atomic mass is 32.2. The average molecular weight is 358 g/mol. The summed E-state index contributed by atoms with van der Waals surface area (Å²) < 4.78 is 28.2. The molecule has 1 aliphatic carbocycles. The second-order valence-corrected chi connectivity index (χ2v) is 8.50. The summed E-state index contributed by atoms with van der Waals surface area (Å²) in [4.78, 5) is 4.40. The van der Waals surface area contributed by atoms with Gasteiger partial charge in [-0.2, -0.15) is 0 Å². The van der Waals surface area contributed by atoms with Crippen molar-refractivity contribution in [2.24, 2.45) is 5.92 Å². The average Bonchev–Trinajstić information content (AvgIpc) is 3.10. The van der Waals surface area contributed by atoms with Gasteiger partial charge in [-0.3, -0.25) is 15.8 Å². The Hall–Kier alpha value is -1.80. The largest absolute Gasteiger partial charge is 0.264 e. The molecule has 2 heterocycles. The van der Waals surface area contributed by atoms with E-state index >= 15 is 0 Å². The summed E-state index contributed by atoms with van der Waals surface area (Å²) in [6, 6.07) is 11.1. The van der Waals surface area contributed by atoms with Crippen LogP contribution in [0.2, 0.25) is 0 Å². The number of hydrogen-bond acceptors (Lipinski definition) is 5. The monoisotopic (exact) mass is 358 g/mol. The van der Waals surface area contributed by atoms with Crippen molar-refractivity contribution in [1.82, 2.24) is 20.6 Å². The van der Waals surface area contributed by atoms with E-state index in [4.69, 9.17) is 0 Å². The van der Waals surface area contributed by atoms with Crippen LogP contribution in [-0.2, 0) is 10.0 Å². The van der Waals surface area contributed by atoms with Crippen molar-refractivity contribution in [3.05, 3.63) is 48.8 Å². The van der Waals surface area contributed by atoms with E-state index in [1.54, 1.807) is 24.5 Å². The van der Waals surface area contributed by atoms with Gasteiger partial charge in [0, 0.05) is 31.0 Å². The molecule has 3 atom stereocenters. The van der Waals surface area contributed by atoms with Crippen molar-refractivity contribution in [3.63, 3.8) is 0 Å². The first-order chi connectivity index (χ1) is 12.1. The van der Waals surface area contributed by atoms with E-state index in [-0.39, 0.29) is 6.04 Å². The molecule has 2 aromatic rings. The van der Waals surface area contributed by atoms with Gasteiger partial charge < -0.3 is 0 Å². The van der Waals surface area contributed by atoms with Crippen molar-refractivity contribution < 1.29 is 8.42 Å². The quantitative estimate of drug-likeness (QED) is 0.774. The molecule has 4 rings (SSSR count). The van der Waals surface area contributed by atoms with Gasteiger partial charge in [0.2, 0.25) is 10.0 Å². The van der Waals surface area contributed by atoms with Crippen LogP contribution in [0.5, 0.6) is 0 Å². The summed E-state index contributed by atoms with van der Waals surface area (Å²) in [5.74, 6) is 0.611. The summed E-state index contributed by atoms with van der Waals surface area (Å²) in [5.41, 5.74) is 8.34. The van der Waals surface area contributed by atoms with E-state index in [1.807, 2.05) is 24.3 Å². The number of hydrogen-bond donors (Lipinski definition) is 3. The molecule has 132 valence electrons. The Morgan fingerprint density at radius 3 is 2.68 bits per heavy atom. The number of hydrazine groups is 1. The second-order valence-electron chi connectivity index (χ2n) is 6.79. The molecule has 1 aliphatic heterocycles. The summed E-state index contributed by atoms with van der Waals surface area (Å²) in [7, 11) is -3.50. The van der Waals surface area contributed by atoms with Gasteiger partial charge in [0.25, 0.3) is 0 Å². The molecule has 3 unspecified atom stereocenters. The summed E-state index contributed by atoms with van der Waals surface area (Å²) in [5, 5.41) is 0. The third-order valence-corrected chi connectivity index (χ3v) is 6.66. The predicted molar refractivity (Wildman–Crippen MR) is 96.0 cm³/mol. The zero-order valence-electron chi connectivity index (χ0n) is 13.9. The fourth-order valence-electron chi connectivity index (χ4n) is 3.73. The highest BCUT2D eigenvalue weighted by Gasteiger charge is 2.35. The van der Waals surface area contributed by atoms with E-state index in [2.05, 4.69) is 20.6 Å². The van der Waals surface area contributed by atoms with E-state index in [0.717, 1.165) is 36.9 Å². The minimum Gasteiger partial charge on any atom is -0.264 e. The van der Waals surface area contributed by atoms with Gasteiger partial charge in [-0.15, -0.1) is 0 Å².